The van der Waals surface area contributed by atoms with Gasteiger partial charge in [-0.15, -0.1) is 0 Å². The second-order valence-electron chi connectivity index (χ2n) is 8.39. The third kappa shape index (κ3) is 4.86. The summed E-state index contributed by atoms with van der Waals surface area (Å²) >= 11 is 0. The fraction of sp³-hybridized carbons (Fsp3) is 0.423. The third-order valence-corrected chi connectivity index (χ3v) is 6.45. The minimum atomic E-state index is -1.11. The summed E-state index contributed by atoms with van der Waals surface area (Å²) < 4.78 is 20.0. The Morgan fingerprint density at radius 1 is 1.17 bits per heavy atom. The van der Waals surface area contributed by atoms with Crippen LogP contribution >= 0.6 is 0 Å². The fourth-order valence-electron chi connectivity index (χ4n) is 4.57. The van der Waals surface area contributed by atoms with Gasteiger partial charge in [-0.1, -0.05) is 32.0 Å². The molecule has 0 bridgehead atoms. The number of H-pyrrole nitrogens is 1. The summed E-state index contributed by atoms with van der Waals surface area (Å²) in [5.41, 5.74) is 1.06. The van der Waals surface area contributed by atoms with Crippen molar-refractivity contribution in [2.24, 2.45) is 0 Å². The second-order valence-corrected chi connectivity index (χ2v) is 8.39. The van der Waals surface area contributed by atoms with E-state index >= 15 is 0 Å². The lowest BCUT2D eigenvalue weighted by atomic mass is 9.93. The van der Waals surface area contributed by atoms with Crippen molar-refractivity contribution in [3.8, 4) is 0 Å². The SMILES string of the molecule is CCOC(=O)c1[nH]c(C)c(C(O)=C2C(=O)C(=O)N(CCN(CC)CC)[C@H]2c2ccccc2F)c1C. The van der Waals surface area contributed by atoms with E-state index in [1.807, 2.05) is 13.8 Å². The molecule has 1 amide bonds. The quantitative estimate of drug-likeness (QED) is 0.243. The maximum Gasteiger partial charge on any atom is 0.355 e. The van der Waals surface area contributed by atoms with Crippen LogP contribution in [-0.4, -0.2) is 70.3 Å². The monoisotopic (exact) mass is 485 g/mol. The van der Waals surface area contributed by atoms with Crippen molar-refractivity contribution in [2.45, 2.75) is 40.7 Å². The van der Waals surface area contributed by atoms with Gasteiger partial charge in [0.05, 0.1) is 18.2 Å². The number of likely N-dealkylation sites (N-methyl/N-ethyl adjacent to an activating group) is 1. The molecular weight excluding hydrogens is 453 g/mol. The van der Waals surface area contributed by atoms with Crippen LogP contribution in [0.5, 0.6) is 0 Å². The number of hydrogen-bond acceptors (Lipinski definition) is 6. The zero-order valence-corrected chi connectivity index (χ0v) is 20.8. The highest BCUT2D eigenvalue weighted by atomic mass is 19.1. The number of esters is 1. The van der Waals surface area contributed by atoms with E-state index in [9.17, 15) is 23.9 Å². The number of nitrogens with zero attached hydrogens (tertiary/aromatic N) is 2. The van der Waals surface area contributed by atoms with Crippen molar-refractivity contribution in [1.82, 2.24) is 14.8 Å². The van der Waals surface area contributed by atoms with E-state index in [1.165, 1.54) is 23.1 Å². The van der Waals surface area contributed by atoms with Crippen molar-refractivity contribution in [3.63, 3.8) is 0 Å². The van der Waals surface area contributed by atoms with E-state index in [0.29, 0.717) is 17.8 Å². The standard InChI is InChI=1S/C26H32FN3O5/c1-6-29(7-2)13-14-30-22(17-11-9-10-12-18(17)27)20(24(32)25(30)33)23(31)19-15(4)21(28-16(19)5)26(34)35-8-3/h9-12,22,28,31H,6-8,13-14H2,1-5H3/t22-/m0/s1. The van der Waals surface area contributed by atoms with E-state index in [1.54, 1.807) is 26.8 Å². The van der Waals surface area contributed by atoms with E-state index in [2.05, 4.69) is 9.88 Å². The first-order valence-electron chi connectivity index (χ1n) is 11.8. The maximum atomic E-state index is 15.0. The number of aliphatic hydroxyl groups excluding tert-OH is 1. The van der Waals surface area contributed by atoms with Crippen molar-refractivity contribution in [1.29, 1.82) is 0 Å². The number of rotatable bonds is 9. The van der Waals surface area contributed by atoms with Gasteiger partial charge in [0.25, 0.3) is 11.7 Å². The number of ketones is 1. The number of aryl methyl sites for hydroxylation is 1. The van der Waals surface area contributed by atoms with E-state index in [0.717, 1.165) is 13.1 Å². The summed E-state index contributed by atoms with van der Waals surface area (Å²) in [6.07, 6.45) is 0. The largest absolute Gasteiger partial charge is 0.507 e. The van der Waals surface area contributed by atoms with Gasteiger partial charge in [0.1, 0.15) is 17.3 Å². The minimum absolute atomic E-state index is 0.115. The number of likely N-dealkylation sites (tertiary alicyclic amines) is 1. The van der Waals surface area contributed by atoms with Crippen molar-refractivity contribution in [3.05, 3.63) is 63.7 Å². The molecule has 0 radical (unpaired) electrons. The number of Topliss-reactive ketones (excluding diaryl/α,β-unsaturated/α-hetero) is 1. The normalized spacial score (nSPS) is 17.5. The predicted molar refractivity (Wildman–Crippen MR) is 129 cm³/mol. The van der Waals surface area contributed by atoms with Gasteiger partial charge in [-0.05, 0) is 45.5 Å². The molecule has 9 heteroatoms. The van der Waals surface area contributed by atoms with E-state index < -0.39 is 35.3 Å². The van der Waals surface area contributed by atoms with Gasteiger partial charge in [0.2, 0.25) is 0 Å². The van der Waals surface area contributed by atoms with Crippen LogP contribution in [0.25, 0.3) is 5.76 Å². The first-order chi connectivity index (χ1) is 16.7. The van der Waals surface area contributed by atoms with Crippen molar-refractivity contribution < 1.29 is 28.6 Å². The van der Waals surface area contributed by atoms with E-state index in [-0.39, 0.29) is 35.5 Å². The molecule has 2 N–H and O–H groups in total. The molecule has 1 atom stereocenters. The first kappa shape index (κ1) is 26.2. The maximum absolute atomic E-state index is 15.0. The number of aromatic amines is 1. The van der Waals surface area contributed by atoms with Crippen molar-refractivity contribution in [2.75, 3.05) is 32.8 Å². The molecule has 1 aromatic carbocycles. The minimum Gasteiger partial charge on any atom is -0.507 e. The average Bonchev–Trinajstić information content (AvgIpc) is 3.27. The Balaban J connectivity index is 2.18. The number of ether oxygens (including phenoxy) is 1. The number of benzene rings is 1. The van der Waals surface area contributed by atoms with Gasteiger partial charge in [-0.2, -0.15) is 0 Å². The lowest BCUT2D eigenvalue weighted by Crippen LogP contribution is -2.38. The van der Waals surface area contributed by atoms with Crippen LogP contribution < -0.4 is 0 Å². The first-order valence-corrected chi connectivity index (χ1v) is 11.8. The van der Waals surface area contributed by atoms with Gasteiger partial charge < -0.3 is 24.6 Å². The number of halogens is 1. The number of aromatic nitrogens is 1. The topological polar surface area (TPSA) is 103 Å². The lowest BCUT2D eigenvalue weighted by Gasteiger charge is -2.28. The molecule has 0 unspecified atom stereocenters. The van der Waals surface area contributed by atoms with Crippen LogP contribution in [0.1, 0.15) is 59.7 Å². The molecule has 188 valence electrons. The predicted octanol–water partition coefficient (Wildman–Crippen LogP) is 3.71. The van der Waals surface area contributed by atoms with Gasteiger partial charge in [0.15, 0.2) is 0 Å². The van der Waals surface area contributed by atoms with Gasteiger partial charge in [-0.3, -0.25) is 9.59 Å². The number of nitrogens with one attached hydrogen (secondary N) is 1. The summed E-state index contributed by atoms with van der Waals surface area (Å²) in [4.78, 5) is 45.0. The summed E-state index contributed by atoms with van der Waals surface area (Å²) in [5, 5.41) is 11.4. The Morgan fingerprint density at radius 2 is 1.83 bits per heavy atom. The zero-order valence-electron chi connectivity index (χ0n) is 20.8. The van der Waals surface area contributed by atoms with Crippen molar-refractivity contribution >= 4 is 23.4 Å². The highest BCUT2D eigenvalue weighted by molar-refractivity contribution is 6.46. The molecule has 1 aromatic heterocycles. The molecule has 1 aliphatic rings. The number of carbonyl (C=O) groups is 3. The van der Waals surface area contributed by atoms with Crippen LogP contribution in [0.15, 0.2) is 29.8 Å². The van der Waals surface area contributed by atoms with E-state index in [4.69, 9.17) is 4.74 Å². The Morgan fingerprint density at radius 3 is 2.43 bits per heavy atom. The molecule has 0 aliphatic carbocycles. The highest BCUT2D eigenvalue weighted by Crippen LogP contribution is 2.41. The smallest absolute Gasteiger partial charge is 0.355 e. The molecule has 2 aromatic rings. The van der Waals surface area contributed by atoms with Crippen LogP contribution in [0, 0.1) is 19.7 Å². The molecule has 1 saturated heterocycles. The summed E-state index contributed by atoms with van der Waals surface area (Å²) in [6, 6.07) is 4.80. The van der Waals surface area contributed by atoms with Crippen LogP contribution in [0.2, 0.25) is 0 Å². The molecule has 2 heterocycles. The lowest BCUT2D eigenvalue weighted by molar-refractivity contribution is -0.140. The highest BCUT2D eigenvalue weighted by Gasteiger charge is 2.47. The number of carbonyl (C=O) groups excluding carboxylic acids is 3. The second kappa shape index (κ2) is 10.9. The zero-order chi connectivity index (χ0) is 25.9. The molecule has 1 fully saturated rings. The fourth-order valence-corrected chi connectivity index (χ4v) is 4.57. The summed E-state index contributed by atoms with van der Waals surface area (Å²) in [7, 11) is 0. The summed E-state index contributed by atoms with van der Waals surface area (Å²) in [6.45, 7) is 11.3. The molecule has 0 saturated carbocycles. The molecule has 1 aliphatic heterocycles. The average molecular weight is 486 g/mol. The molecule has 8 nitrogen and oxygen atoms in total. The Bertz CT molecular complexity index is 1170. The molecule has 35 heavy (non-hydrogen) atoms. The van der Waals surface area contributed by atoms with Gasteiger partial charge in [0, 0.05) is 29.9 Å². The van der Waals surface area contributed by atoms with Crippen LogP contribution in [-0.2, 0) is 14.3 Å². The number of amides is 1. The number of aliphatic hydroxyl groups is 1. The Labute approximate surface area is 204 Å². The van der Waals surface area contributed by atoms with Crippen LogP contribution in [0.4, 0.5) is 4.39 Å². The van der Waals surface area contributed by atoms with Crippen LogP contribution in [0.3, 0.4) is 0 Å². The molecular formula is C26H32FN3O5. The summed E-state index contributed by atoms with van der Waals surface area (Å²) in [5.74, 6) is -3.34. The van der Waals surface area contributed by atoms with Gasteiger partial charge >= 0.3 is 5.97 Å². The number of hydrogen-bond donors (Lipinski definition) is 2. The third-order valence-electron chi connectivity index (χ3n) is 6.45. The van der Waals surface area contributed by atoms with Gasteiger partial charge in [-0.25, -0.2) is 9.18 Å². The molecule has 0 spiro atoms. The Kier molecular flexibility index (Phi) is 8.11. The Hall–Kier alpha value is -3.46. The molecule has 3 rings (SSSR count).